The fourth-order valence-electron chi connectivity index (χ4n) is 1.72. The van der Waals surface area contributed by atoms with Crippen molar-refractivity contribution >= 4 is 8.80 Å². The lowest BCUT2D eigenvalue weighted by atomic mass is 9.92. The molecule has 0 aliphatic heterocycles. The van der Waals surface area contributed by atoms with Crippen LogP contribution in [-0.2, 0) is 0 Å². The first-order chi connectivity index (χ1) is 5.39. The van der Waals surface area contributed by atoms with Crippen LogP contribution in [0.5, 0.6) is 0 Å². The second-order valence-electron chi connectivity index (χ2n) is 3.61. The van der Waals surface area contributed by atoms with Gasteiger partial charge in [-0.2, -0.15) is 0 Å². The summed E-state index contributed by atoms with van der Waals surface area (Å²) >= 11 is 0. The zero-order valence-corrected chi connectivity index (χ0v) is 7.85. The molecule has 7 N–H and O–H groups in total. The zero-order valence-electron chi connectivity index (χ0n) is 6.85. The molecule has 0 heterocycles. The Morgan fingerprint density at radius 2 is 1.33 bits per heavy atom. The van der Waals surface area contributed by atoms with Crippen molar-refractivity contribution in [1.29, 1.82) is 0 Å². The lowest BCUT2D eigenvalue weighted by molar-refractivity contribution is 0.188. The summed E-state index contributed by atoms with van der Waals surface area (Å²) in [7, 11) is -4.00. The van der Waals surface area contributed by atoms with Crippen molar-refractivity contribution < 1.29 is 14.4 Å². The number of hydrogen-bond acceptors (Lipinski definition) is 5. The average molecular weight is 192 g/mol. The number of hydrogen-bond donors (Lipinski definition) is 5. The first-order valence-corrected chi connectivity index (χ1v) is 5.99. The highest BCUT2D eigenvalue weighted by Crippen LogP contribution is 2.31. The Bertz CT molecular complexity index is 151. The van der Waals surface area contributed by atoms with Gasteiger partial charge in [0.25, 0.3) is 0 Å². The molecule has 0 aromatic carbocycles. The highest BCUT2D eigenvalue weighted by atomic mass is 28.4. The van der Waals surface area contributed by atoms with Gasteiger partial charge in [0.1, 0.15) is 0 Å². The van der Waals surface area contributed by atoms with Crippen molar-refractivity contribution in [3.05, 3.63) is 0 Å². The van der Waals surface area contributed by atoms with Crippen LogP contribution < -0.4 is 11.5 Å². The maximum Gasteiger partial charge on any atom is 0.496 e. The van der Waals surface area contributed by atoms with Crippen LogP contribution in [0.25, 0.3) is 0 Å². The van der Waals surface area contributed by atoms with Crippen molar-refractivity contribution in [2.75, 3.05) is 0 Å². The van der Waals surface area contributed by atoms with Crippen LogP contribution in [0, 0.1) is 0 Å². The molecule has 1 rings (SSSR count). The smallest absolute Gasteiger partial charge is 0.390 e. The Hall–Kier alpha value is 0.0169. The predicted molar refractivity (Wildman–Crippen MR) is 46.0 cm³/mol. The standard InChI is InChI=1S/C6H16N2O3Si/c7-4-1-5(8)3-6(2-4)12(9,10)11/h4-6,9-11H,1-3,7-8H2. The van der Waals surface area contributed by atoms with E-state index >= 15 is 0 Å². The van der Waals surface area contributed by atoms with Crippen LogP contribution in [0.2, 0.25) is 5.54 Å². The van der Waals surface area contributed by atoms with E-state index in [1.54, 1.807) is 0 Å². The fraction of sp³-hybridized carbons (Fsp3) is 1.00. The minimum Gasteiger partial charge on any atom is -0.390 e. The molecule has 6 heteroatoms. The van der Waals surface area contributed by atoms with Crippen LogP contribution in [0.1, 0.15) is 19.3 Å². The van der Waals surface area contributed by atoms with Gasteiger partial charge in [-0.1, -0.05) is 0 Å². The average Bonchev–Trinajstić information content (AvgIpc) is 1.82. The van der Waals surface area contributed by atoms with Crippen molar-refractivity contribution in [2.24, 2.45) is 11.5 Å². The van der Waals surface area contributed by atoms with Gasteiger partial charge in [0.2, 0.25) is 0 Å². The normalized spacial score (nSPS) is 38.2. The van der Waals surface area contributed by atoms with Gasteiger partial charge < -0.3 is 25.9 Å². The van der Waals surface area contributed by atoms with Crippen LogP contribution in [0.15, 0.2) is 0 Å². The lowest BCUT2D eigenvalue weighted by Gasteiger charge is -2.33. The van der Waals surface area contributed by atoms with Crippen LogP contribution in [-0.4, -0.2) is 35.3 Å². The molecular formula is C6H16N2O3Si. The van der Waals surface area contributed by atoms with Crippen molar-refractivity contribution in [3.63, 3.8) is 0 Å². The maximum absolute atomic E-state index is 9.02. The van der Waals surface area contributed by atoms with E-state index in [1.165, 1.54) is 0 Å². The molecule has 72 valence electrons. The Morgan fingerprint density at radius 3 is 1.67 bits per heavy atom. The molecule has 12 heavy (non-hydrogen) atoms. The molecule has 1 aliphatic rings. The van der Waals surface area contributed by atoms with Gasteiger partial charge >= 0.3 is 8.80 Å². The second-order valence-corrected chi connectivity index (χ2v) is 5.80. The molecule has 0 aromatic rings. The van der Waals surface area contributed by atoms with E-state index in [0.717, 1.165) is 0 Å². The maximum atomic E-state index is 9.02. The van der Waals surface area contributed by atoms with E-state index in [-0.39, 0.29) is 12.1 Å². The summed E-state index contributed by atoms with van der Waals surface area (Å²) in [4.78, 5) is 27.1. The Kier molecular flexibility index (Phi) is 2.87. The van der Waals surface area contributed by atoms with Gasteiger partial charge in [-0.05, 0) is 19.3 Å². The lowest BCUT2D eigenvalue weighted by Crippen LogP contribution is -2.49. The van der Waals surface area contributed by atoms with Crippen molar-refractivity contribution in [2.45, 2.75) is 36.9 Å². The van der Waals surface area contributed by atoms with E-state index in [4.69, 9.17) is 25.9 Å². The minimum atomic E-state index is -4.00. The monoisotopic (exact) mass is 192 g/mol. The highest BCUT2D eigenvalue weighted by Gasteiger charge is 2.43. The predicted octanol–water partition coefficient (Wildman–Crippen LogP) is -1.89. The zero-order chi connectivity index (χ0) is 9.35. The Morgan fingerprint density at radius 1 is 0.917 bits per heavy atom. The minimum absolute atomic E-state index is 0.114. The topological polar surface area (TPSA) is 113 Å². The van der Waals surface area contributed by atoms with Crippen LogP contribution in [0.4, 0.5) is 0 Å². The third kappa shape index (κ3) is 2.51. The molecule has 5 nitrogen and oxygen atoms in total. The van der Waals surface area contributed by atoms with Gasteiger partial charge in [0.05, 0.1) is 0 Å². The summed E-state index contributed by atoms with van der Waals surface area (Å²) in [5, 5.41) is 0. The molecular weight excluding hydrogens is 176 g/mol. The molecule has 0 bridgehead atoms. The third-order valence-corrected chi connectivity index (χ3v) is 3.89. The fourth-order valence-corrected chi connectivity index (χ4v) is 2.96. The van der Waals surface area contributed by atoms with Gasteiger partial charge in [0, 0.05) is 17.6 Å². The molecule has 1 fully saturated rings. The van der Waals surface area contributed by atoms with Crippen LogP contribution in [0.3, 0.4) is 0 Å². The first-order valence-electron chi connectivity index (χ1n) is 4.08. The van der Waals surface area contributed by atoms with Gasteiger partial charge in [0.15, 0.2) is 0 Å². The molecule has 0 radical (unpaired) electrons. The Balaban J connectivity index is 2.55. The largest absolute Gasteiger partial charge is 0.496 e. The van der Waals surface area contributed by atoms with E-state index in [9.17, 15) is 0 Å². The summed E-state index contributed by atoms with van der Waals surface area (Å²) in [6.07, 6.45) is 1.62. The summed E-state index contributed by atoms with van der Waals surface area (Å²) in [5.41, 5.74) is 10.8. The molecule has 0 spiro atoms. The van der Waals surface area contributed by atoms with Gasteiger partial charge in [-0.15, -0.1) is 0 Å². The molecule has 1 saturated carbocycles. The summed E-state index contributed by atoms with van der Waals surface area (Å²) < 4.78 is 0. The summed E-state index contributed by atoms with van der Waals surface area (Å²) in [6, 6.07) is -0.228. The molecule has 0 amide bonds. The quantitative estimate of drug-likeness (QED) is 0.312. The molecule has 2 atom stereocenters. The van der Waals surface area contributed by atoms with Gasteiger partial charge in [-0.25, -0.2) is 0 Å². The van der Waals surface area contributed by atoms with Crippen LogP contribution >= 0.6 is 0 Å². The summed E-state index contributed by atoms with van der Waals surface area (Å²) in [6.45, 7) is 0. The Labute approximate surface area is 72.4 Å². The van der Waals surface area contributed by atoms with E-state index in [1.807, 2.05) is 0 Å². The SMILES string of the molecule is NC1CC(N)CC([Si](O)(O)O)C1. The molecule has 0 saturated heterocycles. The number of nitrogens with two attached hydrogens (primary N) is 2. The van der Waals surface area contributed by atoms with E-state index < -0.39 is 14.3 Å². The highest BCUT2D eigenvalue weighted by molar-refractivity contribution is 6.58. The third-order valence-electron chi connectivity index (χ3n) is 2.33. The van der Waals surface area contributed by atoms with Crippen molar-refractivity contribution in [3.8, 4) is 0 Å². The molecule has 0 aromatic heterocycles. The number of rotatable bonds is 1. The van der Waals surface area contributed by atoms with E-state index in [0.29, 0.717) is 19.3 Å². The first kappa shape index (κ1) is 10.1. The van der Waals surface area contributed by atoms with Gasteiger partial charge in [-0.3, -0.25) is 0 Å². The second kappa shape index (κ2) is 3.41. The van der Waals surface area contributed by atoms with E-state index in [2.05, 4.69) is 0 Å². The van der Waals surface area contributed by atoms with Crippen molar-refractivity contribution in [1.82, 2.24) is 0 Å². The summed E-state index contributed by atoms with van der Waals surface area (Å²) in [5.74, 6) is 0. The molecule has 1 aliphatic carbocycles. The molecule has 2 unspecified atom stereocenters.